The van der Waals surface area contributed by atoms with E-state index >= 15 is 0 Å². The van der Waals surface area contributed by atoms with Crippen molar-refractivity contribution in [1.29, 1.82) is 0 Å². The van der Waals surface area contributed by atoms with Crippen LogP contribution in [0.25, 0.3) is 0 Å². The molecule has 3 rings (SSSR count). The standard InChI is InChI=1S/C12H19N3O/c13-9-4-1-5-10-12(9)15-11(14-10)7-8-3-2-6-16-8/h8-9H,1-7,13H2,(H,14,15). The van der Waals surface area contributed by atoms with Crippen LogP contribution < -0.4 is 5.73 Å². The molecule has 1 aliphatic carbocycles. The smallest absolute Gasteiger partial charge is 0.109 e. The van der Waals surface area contributed by atoms with Gasteiger partial charge in [-0.2, -0.15) is 0 Å². The summed E-state index contributed by atoms with van der Waals surface area (Å²) < 4.78 is 5.62. The van der Waals surface area contributed by atoms with Crippen molar-refractivity contribution in [2.45, 2.75) is 50.7 Å². The van der Waals surface area contributed by atoms with E-state index in [-0.39, 0.29) is 6.04 Å². The van der Waals surface area contributed by atoms with Crippen molar-refractivity contribution < 1.29 is 4.74 Å². The molecule has 2 unspecified atom stereocenters. The molecule has 88 valence electrons. The molecule has 2 atom stereocenters. The Bertz CT molecular complexity index is 368. The number of H-pyrrole nitrogens is 1. The molecule has 4 heteroatoms. The number of nitrogens with zero attached hydrogens (tertiary/aromatic N) is 1. The van der Waals surface area contributed by atoms with Gasteiger partial charge in [-0.1, -0.05) is 0 Å². The van der Waals surface area contributed by atoms with Gasteiger partial charge >= 0.3 is 0 Å². The predicted octanol–water partition coefficient (Wildman–Crippen LogP) is 1.47. The van der Waals surface area contributed by atoms with Gasteiger partial charge in [-0.25, -0.2) is 4.98 Å². The molecular formula is C12H19N3O. The number of aromatic nitrogens is 2. The zero-order valence-corrected chi connectivity index (χ0v) is 9.54. The van der Waals surface area contributed by atoms with Gasteiger partial charge in [0.2, 0.25) is 0 Å². The highest BCUT2D eigenvalue weighted by molar-refractivity contribution is 5.21. The van der Waals surface area contributed by atoms with Gasteiger partial charge in [0.1, 0.15) is 5.82 Å². The van der Waals surface area contributed by atoms with Crippen molar-refractivity contribution in [2.75, 3.05) is 6.61 Å². The third-order valence-corrected chi connectivity index (χ3v) is 3.60. The summed E-state index contributed by atoms with van der Waals surface area (Å²) in [6.45, 7) is 0.907. The summed E-state index contributed by atoms with van der Waals surface area (Å²) in [7, 11) is 0. The summed E-state index contributed by atoms with van der Waals surface area (Å²) >= 11 is 0. The molecule has 1 aromatic rings. The lowest BCUT2D eigenvalue weighted by Gasteiger charge is -2.15. The van der Waals surface area contributed by atoms with E-state index in [9.17, 15) is 0 Å². The highest BCUT2D eigenvalue weighted by Gasteiger charge is 2.23. The maximum atomic E-state index is 6.05. The van der Waals surface area contributed by atoms with Gasteiger partial charge in [0, 0.05) is 24.8 Å². The van der Waals surface area contributed by atoms with Crippen LogP contribution in [0.1, 0.15) is 48.9 Å². The van der Waals surface area contributed by atoms with Gasteiger partial charge < -0.3 is 15.5 Å². The van der Waals surface area contributed by atoms with Gasteiger partial charge in [-0.15, -0.1) is 0 Å². The minimum Gasteiger partial charge on any atom is -0.378 e. The summed E-state index contributed by atoms with van der Waals surface area (Å²) in [4.78, 5) is 8.05. The summed E-state index contributed by atoms with van der Waals surface area (Å²) in [6.07, 6.45) is 6.97. The maximum absolute atomic E-state index is 6.05. The van der Waals surface area contributed by atoms with Crippen LogP contribution in [0.4, 0.5) is 0 Å². The molecule has 1 saturated heterocycles. The Balaban J connectivity index is 1.75. The molecule has 4 nitrogen and oxygen atoms in total. The molecule has 2 heterocycles. The maximum Gasteiger partial charge on any atom is 0.109 e. The highest BCUT2D eigenvalue weighted by atomic mass is 16.5. The average molecular weight is 221 g/mol. The minimum absolute atomic E-state index is 0.137. The number of aryl methyl sites for hydroxylation is 1. The van der Waals surface area contributed by atoms with Gasteiger partial charge in [-0.3, -0.25) is 0 Å². The Morgan fingerprint density at radius 2 is 2.31 bits per heavy atom. The fourth-order valence-electron chi connectivity index (χ4n) is 2.73. The SMILES string of the molecule is NC1CCCc2[nH]c(CC3CCCO3)nc21. The first-order valence-electron chi connectivity index (χ1n) is 6.28. The summed E-state index contributed by atoms with van der Waals surface area (Å²) in [5, 5.41) is 0. The first-order chi connectivity index (χ1) is 7.83. The Morgan fingerprint density at radius 3 is 3.06 bits per heavy atom. The van der Waals surface area contributed by atoms with E-state index in [1.54, 1.807) is 0 Å². The van der Waals surface area contributed by atoms with Crippen molar-refractivity contribution in [3.05, 3.63) is 17.2 Å². The normalized spacial score (nSPS) is 29.3. The molecule has 0 aromatic carbocycles. The van der Waals surface area contributed by atoms with Crippen molar-refractivity contribution in [3.8, 4) is 0 Å². The second-order valence-electron chi connectivity index (χ2n) is 4.89. The summed E-state index contributed by atoms with van der Waals surface area (Å²) in [5.41, 5.74) is 8.41. The number of hydrogen-bond donors (Lipinski definition) is 2. The van der Waals surface area contributed by atoms with Crippen molar-refractivity contribution in [2.24, 2.45) is 5.73 Å². The molecular weight excluding hydrogens is 202 g/mol. The van der Waals surface area contributed by atoms with Crippen LogP contribution in [0.5, 0.6) is 0 Å². The van der Waals surface area contributed by atoms with Crippen molar-refractivity contribution >= 4 is 0 Å². The van der Waals surface area contributed by atoms with E-state index in [4.69, 9.17) is 10.5 Å². The van der Waals surface area contributed by atoms with Crippen LogP contribution in [0.15, 0.2) is 0 Å². The van der Waals surface area contributed by atoms with E-state index in [1.807, 2.05) is 0 Å². The fourth-order valence-corrected chi connectivity index (χ4v) is 2.73. The largest absolute Gasteiger partial charge is 0.378 e. The van der Waals surface area contributed by atoms with Gasteiger partial charge in [0.25, 0.3) is 0 Å². The van der Waals surface area contributed by atoms with E-state index in [0.717, 1.165) is 43.8 Å². The number of nitrogens with two attached hydrogens (primary N) is 1. The predicted molar refractivity (Wildman–Crippen MR) is 61.1 cm³/mol. The number of nitrogens with one attached hydrogen (secondary N) is 1. The number of rotatable bonds is 2. The van der Waals surface area contributed by atoms with Crippen LogP contribution >= 0.6 is 0 Å². The topological polar surface area (TPSA) is 63.9 Å². The lowest BCUT2D eigenvalue weighted by Crippen LogP contribution is -2.17. The Labute approximate surface area is 95.6 Å². The third kappa shape index (κ3) is 1.87. The van der Waals surface area contributed by atoms with Crippen molar-refractivity contribution in [3.63, 3.8) is 0 Å². The highest BCUT2D eigenvalue weighted by Crippen LogP contribution is 2.26. The monoisotopic (exact) mass is 221 g/mol. The number of aromatic amines is 1. The number of imidazole rings is 1. The minimum atomic E-state index is 0.137. The molecule has 2 aliphatic rings. The molecule has 1 aromatic heterocycles. The lowest BCUT2D eigenvalue weighted by molar-refractivity contribution is 0.110. The summed E-state index contributed by atoms with van der Waals surface area (Å²) in [5.74, 6) is 1.06. The van der Waals surface area contributed by atoms with Crippen LogP contribution in [-0.4, -0.2) is 22.7 Å². The molecule has 0 bridgehead atoms. The second kappa shape index (κ2) is 4.18. The molecule has 0 amide bonds. The van der Waals surface area contributed by atoms with E-state index < -0.39 is 0 Å². The molecule has 16 heavy (non-hydrogen) atoms. The Morgan fingerprint density at radius 1 is 1.38 bits per heavy atom. The fraction of sp³-hybridized carbons (Fsp3) is 0.750. The molecule has 1 fully saturated rings. The third-order valence-electron chi connectivity index (χ3n) is 3.60. The number of fused-ring (bicyclic) bond motifs is 1. The molecule has 0 radical (unpaired) electrons. The van der Waals surface area contributed by atoms with Crippen molar-refractivity contribution in [1.82, 2.24) is 9.97 Å². The van der Waals surface area contributed by atoms with Crippen LogP contribution in [0.2, 0.25) is 0 Å². The molecule has 1 aliphatic heterocycles. The van der Waals surface area contributed by atoms with E-state index in [2.05, 4.69) is 9.97 Å². The second-order valence-corrected chi connectivity index (χ2v) is 4.89. The Hall–Kier alpha value is -0.870. The van der Waals surface area contributed by atoms with E-state index in [1.165, 1.54) is 18.5 Å². The zero-order valence-electron chi connectivity index (χ0n) is 9.54. The molecule has 0 saturated carbocycles. The van der Waals surface area contributed by atoms with Crippen LogP contribution in [0.3, 0.4) is 0 Å². The lowest BCUT2D eigenvalue weighted by atomic mass is 9.97. The number of ether oxygens (including phenoxy) is 1. The average Bonchev–Trinajstić information content (AvgIpc) is 2.88. The number of hydrogen-bond acceptors (Lipinski definition) is 3. The Kier molecular flexibility index (Phi) is 2.69. The van der Waals surface area contributed by atoms with Gasteiger partial charge in [-0.05, 0) is 32.1 Å². The molecule has 3 N–H and O–H groups in total. The zero-order chi connectivity index (χ0) is 11.0. The quantitative estimate of drug-likeness (QED) is 0.794. The van der Waals surface area contributed by atoms with Gasteiger partial charge in [0.15, 0.2) is 0 Å². The first kappa shape index (κ1) is 10.3. The van der Waals surface area contributed by atoms with Crippen LogP contribution in [0, 0.1) is 0 Å². The van der Waals surface area contributed by atoms with Gasteiger partial charge in [0.05, 0.1) is 11.8 Å². The van der Waals surface area contributed by atoms with Crippen LogP contribution in [-0.2, 0) is 17.6 Å². The first-order valence-corrected chi connectivity index (χ1v) is 6.28. The molecule has 0 spiro atoms. The summed E-state index contributed by atoms with van der Waals surface area (Å²) in [6, 6.07) is 0.137. The van der Waals surface area contributed by atoms with E-state index in [0.29, 0.717) is 6.10 Å².